The number of benzene rings is 3. The van der Waals surface area contributed by atoms with Crippen LogP contribution in [0.3, 0.4) is 0 Å². The van der Waals surface area contributed by atoms with Crippen LogP contribution in [0, 0.1) is 0 Å². The highest BCUT2D eigenvalue weighted by Gasteiger charge is 2.34. The number of carbonyl (C=O) groups is 2. The Kier molecular flexibility index (Phi) is 9.47. The molecule has 0 N–H and O–H groups in total. The summed E-state index contributed by atoms with van der Waals surface area (Å²) < 4.78 is 0. The van der Waals surface area contributed by atoms with E-state index in [-0.39, 0.29) is 42.7 Å². The molecule has 5 rings (SSSR count). The van der Waals surface area contributed by atoms with Crippen molar-refractivity contribution < 1.29 is 9.59 Å². The van der Waals surface area contributed by atoms with Crippen molar-refractivity contribution in [3.05, 3.63) is 107 Å². The minimum Gasteiger partial charge on any atom is -0.301 e. The second-order valence-electron chi connectivity index (χ2n) is 8.76. The molecule has 0 unspecified atom stereocenters. The lowest BCUT2D eigenvalue weighted by atomic mass is 9.96. The molecule has 2 heterocycles. The number of hydrogen-bond acceptors (Lipinski definition) is 4. The van der Waals surface area contributed by atoms with Gasteiger partial charge in [-0.3, -0.25) is 19.4 Å². The largest absolute Gasteiger partial charge is 0.301 e. The number of piperazine rings is 1. The quantitative estimate of drug-likeness (QED) is 0.422. The van der Waals surface area contributed by atoms with Crippen molar-refractivity contribution in [1.82, 2.24) is 14.7 Å². The molecule has 0 aliphatic carbocycles. The maximum Gasteiger partial charge on any atom is 0.261 e. The van der Waals surface area contributed by atoms with Crippen LogP contribution in [0.2, 0.25) is 0 Å². The highest BCUT2D eigenvalue weighted by Crippen LogP contribution is 2.29. The summed E-state index contributed by atoms with van der Waals surface area (Å²) in [5.74, 6) is -0.317. The van der Waals surface area contributed by atoms with Gasteiger partial charge < -0.3 is 4.90 Å². The monoisotopic (exact) mass is 511 g/mol. The molecule has 1 fully saturated rings. The average molecular weight is 512 g/mol. The van der Waals surface area contributed by atoms with Gasteiger partial charge in [-0.1, -0.05) is 72.8 Å². The fourth-order valence-electron chi connectivity index (χ4n) is 5.02. The molecule has 7 heteroatoms. The summed E-state index contributed by atoms with van der Waals surface area (Å²) in [6.07, 6.45) is 0.798. The third-order valence-electron chi connectivity index (χ3n) is 6.74. The molecular formula is C28H31Cl2N3O2. The Morgan fingerprint density at radius 2 is 1.06 bits per heavy atom. The van der Waals surface area contributed by atoms with Crippen molar-refractivity contribution in [2.75, 3.05) is 39.3 Å². The van der Waals surface area contributed by atoms with Crippen LogP contribution in [-0.4, -0.2) is 65.8 Å². The number of hydrogen-bond donors (Lipinski definition) is 0. The second kappa shape index (κ2) is 12.3. The fourth-order valence-corrected chi connectivity index (χ4v) is 5.02. The normalized spacial score (nSPS) is 16.1. The van der Waals surface area contributed by atoms with Crippen LogP contribution in [0.15, 0.2) is 84.9 Å². The van der Waals surface area contributed by atoms with Crippen LogP contribution >= 0.6 is 24.8 Å². The summed E-state index contributed by atoms with van der Waals surface area (Å²) in [4.78, 5) is 31.5. The van der Waals surface area contributed by atoms with Gasteiger partial charge in [0.1, 0.15) is 0 Å². The number of carbonyl (C=O) groups excluding carboxylic acids is 2. The first-order valence-electron chi connectivity index (χ1n) is 11.7. The smallest absolute Gasteiger partial charge is 0.261 e. The molecule has 0 saturated carbocycles. The summed E-state index contributed by atoms with van der Waals surface area (Å²) >= 11 is 0. The Morgan fingerprint density at radius 3 is 1.54 bits per heavy atom. The molecule has 35 heavy (non-hydrogen) atoms. The van der Waals surface area contributed by atoms with Gasteiger partial charge in [-0.25, -0.2) is 0 Å². The molecule has 2 aliphatic heterocycles. The Hall–Kier alpha value is -2.70. The van der Waals surface area contributed by atoms with Gasteiger partial charge in [-0.05, 0) is 36.2 Å². The molecule has 0 spiro atoms. The zero-order chi connectivity index (χ0) is 22.6. The predicted octanol–water partition coefficient (Wildman–Crippen LogP) is 4.92. The first kappa shape index (κ1) is 26.9. The number of halogens is 2. The first-order chi connectivity index (χ1) is 16.2. The van der Waals surface area contributed by atoms with E-state index in [0.29, 0.717) is 17.7 Å². The van der Waals surface area contributed by atoms with Crippen LogP contribution < -0.4 is 0 Å². The van der Waals surface area contributed by atoms with Gasteiger partial charge in [-0.15, -0.1) is 24.8 Å². The van der Waals surface area contributed by atoms with Gasteiger partial charge in [-0.2, -0.15) is 0 Å². The molecule has 0 radical (unpaired) electrons. The van der Waals surface area contributed by atoms with E-state index in [1.807, 2.05) is 12.1 Å². The third kappa shape index (κ3) is 5.76. The number of rotatable bonds is 7. The van der Waals surface area contributed by atoms with Crippen molar-refractivity contribution in [3.63, 3.8) is 0 Å². The lowest BCUT2D eigenvalue weighted by Crippen LogP contribution is -2.48. The van der Waals surface area contributed by atoms with Crippen LogP contribution in [0.25, 0.3) is 0 Å². The lowest BCUT2D eigenvalue weighted by Gasteiger charge is -2.40. The van der Waals surface area contributed by atoms with Crippen molar-refractivity contribution in [2.45, 2.75) is 12.5 Å². The Bertz CT molecular complexity index is 1040. The van der Waals surface area contributed by atoms with Crippen LogP contribution in [0.5, 0.6) is 0 Å². The summed E-state index contributed by atoms with van der Waals surface area (Å²) in [6, 6.07) is 28.8. The Balaban J connectivity index is 0.00000171. The second-order valence-corrected chi connectivity index (χ2v) is 8.76. The molecule has 2 amide bonds. The summed E-state index contributed by atoms with van der Waals surface area (Å²) in [6.45, 7) is 5.31. The zero-order valence-electron chi connectivity index (χ0n) is 19.6. The van der Waals surface area contributed by atoms with E-state index < -0.39 is 0 Å². The van der Waals surface area contributed by atoms with E-state index in [0.717, 1.165) is 39.1 Å². The molecule has 184 valence electrons. The van der Waals surface area contributed by atoms with E-state index in [2.05, 4.69) is 70.5 Å². The van der Waals surface area contributed by atoms with Gasteiger partial charge in [0, 0.05) is 32.7 Å². The number of fused-ring (bicyclic) bond motifs is 1. The summed E-state index contributed by atoms with van der Waals surface area (Å²) in [5.41, 5.74) is 3.71. The highest BCUT2D eigenvalue weighted by atomic mass is 35.5. The maximum absolute atomic E-state index is 12.6. The van der Waals surface area contributed by atoms with Crippen LogP contribution in [0.1, 0.15) is 44.3 Å². The van der Waals surface area contributed by atoms with Gasteiger partial charge >= 0.3 is 0 Å². The predicted molar refractivity (Wildman–Crippen MR) is 144 cm³/mol. The van der Waals surface area contributed by atoms with E-state index in [1.165, 1.54) is 16.0 Å². The molecule has 1 saturated heterocycles. The first-order valence-corrected chi connectivity index (χ1v) is 11.7. The third-order valence-corrected chi connectivity index (χ3v) is 6.74. The SMILES string of the molecule is Cl.Cl.O=C1c2ccccc2C(=O)N1CCCN1CCN(C(c2ccccc2)c2ccccc2)CC1. The molecule has 5 nitrogen and oxygen atoms in total. The minimum atomic E-state index is -0.158. The molecule has 0 aromatic heterocycles. The van der Waals surface area contributed by atoms with Gasteiger partial charge in [0.15, 0.2) is 0 Å². The summed E-state index contributed by atoms with van der Waals surface area (Å²) in [7, 11) is 0. The van der Waals surface area contributed by atoms with Gasteiger partial charge in [0.2, 0.25) is 0 Å². The van der Waals surface area contributed by atoms with Crippen molar-refractivity contribution in [3.8, 4) is 0 Å². The van der Waals surface area contributed by atoms with Crippen molar-refractivity contribution >= 4 is 36.6 Å². The average Bonchev–Trinajstić information content (AvgIpc) is 3.11. The molecule has 3 aromatic rings. The maximum atomic E-state index is 12.6. The Labute approximate surface area is 219 Å². The van der Waals surface area contributed by atoms with E-state index >= 15 is 0 Å². The fraction of sp³-hybridized carbons (Fsp3) is 0.286. The van der Waals surface area contributed by atoms with Crippen LogP contribution in [-0.2, 0) is 0 Å². The lowest BCUT2D eigenvalue weighted by molar-refractivity contribution is 0.0637. The summed E-state index contributed by atoms with van der Waals surface area (Å²) in [5, 5.41) is 0. The highest BCUT2D eigenvalue weighted by molar-refractivity contribution is 6.21. The number of nitrogens with zero attached hydrogens (tertiary/aromatic N) is 3. The van der Waals surface area contributed by atoms with Crippen molar-refractivity contribution in [1.29, 1.82) is 0 Å². The van der Waals surface area contributed by atoms with Crippen LogP contribution in [0.4, 0.5) is 0 Å². The van der Waals surface area contributed by atoms with Gasteiger partial charge in [0.05, 0.1) is 17.2 Å². The van der Waals surface area contributed by atoms with Crippen molar-refractivity contribution in [2.24, 2.45) is 0 Å². The number of imide groups is 1. The van der Waals surface area contributed by atoms with Gasteiger partial charge in [0.25, 0.3) is 11.8 Å². The van der Waals surface area contributed by atoms with E-state index in [9.17, 15) is 9.59 Å². The minimum absolute atomic E-state index is 0. The molecule has 3 aromatic carbocycles. The Morgan fingerprint density at radius 1 is 0.600 bits per heavy atom. The molecular weight excluding hydrogens is 481 g/mol. The zero-order valence-corrected chi connectivity index (χ0v) is 21.2. The molecule has 0 atom stereocenters. The molecule has 0 bridgehead atoms. The van der Waals surface area contributed by atoms with E-state index in [4.69, 9.17) is 0 Å². The van der Waals surface area contributed by atoms with E-state index in [1.54, 1.807) is 12.1 Å². The molecule has 2 aliphatic rings. The standard InChI is InChI=1S/C28H29N3O2.2ClH/c32-27-24-14-7-8-15-25(24)28(33)31(27)17-9-16-29-18-20-30(21-19-29)26(22-10-3-1-4-11-22)23-12-5-2-6-13-23;;/h1-8,10-15,26H,9,16-21H2;2*1H. The number of amides is 2. The topological polar surface area (TPSA) is 43.9 Å².